The van der Waals surface area contributed by atoms with Crippen molar-refractivity contribution in [2.45, 2.75) is 5.72 Å². The average molecular weight is 289 g/mol. The summed E-state index contributed by atoms with van der Waals surface area (Å²) in [5.74, 6) is -0.614. The molecule has 1 N–H and O–H groups in total. The highest BCUT2D eigenvalue weighted by Gasteiger charge is 2.37. The summed E-state index contributed by atoms with van der Waals surface area (Å²) in [7, 11) is 0. The topological polar surface area (TPSA) is 42.2 Å². The molecular weight excluding hydrogens is 274 g/mol. The quantitative estimate of drug-likeness (QED) is 0.735. The molecule has 0 aliphatic heterocycles. The molecule has 108 valence electrons. The molecule has 2 unspecified atom stereocenters. The minimum Gasteiger partial charge on any atom is -0.366 e. The van der Waals surface area contributed by atoms with Gasteiger partial charge < -0.3 is 14.5 Å². The highest BCUT2D eigenvalue weighted by Crippen LogP contribution is 2.38. The van der Waals surface area contributed by atoms with Gasteiger partial charge in [-0.2, -0.15) is 0 Å². The number of hydrogen-bond donors (Lipinski definition) is 1. The molecule has 0 amide bonds. The van der Waals surface area contributed by atoms with E-state index in [9.17, 15) is 9.90 Å². The minimum absolute atomic E-state index is 0.614. The standard InChI is InChI=1S/C19H15NO2/c21-13-14-7-5-6-12-19(14,22)20-17-10-3-1-8-15(17)16-9-2-4-11-18(16)20/h1-14,22H. The normalized spacial score (nSPS) is 24.1. The van der Waals surface area contributed by atoms with Crippen LogP contribution in [-0.2, 0) is 10.5 Å². The number of carbonyl (C=O) groups excluding carboxylic acids is 1. The van der Waals surface area contributed by atoms with Crippen molar-refractivity contribution in [3.8, 4) is 0 Å². The van der Waals surface area contributed by atoms with E-state index in [2.05, 4.69) is 0 Å². The van der Waals surface area contributed by atoms with Crippen molar-refractivity contribution in [3.05, 3.63) is 72.8 Å². The predicted octanol–water partition coefficient (Wildman–Crippen LogP) is 3.38. The third-order valence-corrected chi connectivity index (χ3v) is 4.35. The van der Waals surface area contributed by atoms with E-state index < -0.39 is 11.6 Å². The lowest BCUT2D eigenvalue weighted by atomic mass is 9.91. The van der Waals surface area contributed by atoms with E-state index >= 15 is 0 Å². The van der Waals surface area contributed by atoms with E-state index in [1.807, 2.05) is 53.1 Å². The Morgan fingerprint density at radius 3 is 2.14 bits per heavy atom. The van der Waals surface area contributed by atoms with Crippen LogP contribution in [0.1, 0.15) is 0 Å². The van der Waals surface area contributed by atoms with Crippen molar-refractivity contribution >= 4 is 28.1 Å². The Bertz CT molecular complexity index is 882. The number of aliphatic hydroxyl groups is 1. The number of aldehydes is 1. The number of carbonyl (C=O) groups is 1. The summed E-state index contributed by atoms with van der Waals surface area (Å²) < 4.78 is 1.86. The summed E-state index contributed by atoms with van der Waals surface area (Å²) in [5, 5.41) is 13.4. The molecule has 3 nitrogen and oxygen atoms in total. The Morgan fingerprint density at radius 2 is 1.55 bits per heavy atom. The highest BCUT2D eigenvalue weighted by atomic mass is 16.3. The van der Waals surface area contributed by atoms with Gasteiger partial charge in [-0.05, 0) is 18.2 Å². The van der Waals surface area contributed by atoms with Crippen molar-refractivity contribution in [3.63, 3.8) is 0 Å². The first-order valence-electron chi connectivity index (χ1n) is 7.28. The summed E-state index contributed by atoms with van der Waals surface area (Å²) in [6.07, 6.45) is 7.79. The van der Waals surface area contributed by atoms with Gasteiger partial charge in [0.2, 0.25) is 0 Å². The van der Waals surface area contributed by atoms with Gasteiger partial charge in [-0.1, -0.05) is 54.6 Å². The van der Waals surface area contributed by atoms with Crippen LogP contribution in [-0.4, -0.2) is 16.0 Å². The summed E-state index contributed by atoms with van der Waals surface area (Å²) >= 11 is 0. The zero-order valence-corrected chi connectivity index (χ0v) is 11.9. The second kappa shape index (κ2) is 4.68. The minimum atomic E-state index is -1.39. The molecule has 0 radical (unpaired) electrons. The van der Waals surface area contributed by atoms with Crippen molar-refractivity contribution in [2.24, 2.45) is 5.92 Å². The molecule has 0 fully saturated rings. The lowest BCUT2D eigenvalue weighted by Crippen LogP contribution is -2.40. The number of nitrogens with zero attached hydrogens (tertiary/aromatic N) is 1. The maximum atomic E-state index is 11.5. The van der Waals surface area contributed by atoms with Gasteiger partial charge in [0.25, 0.3) is 0 Å². The predicted molar refractivity (Wildman–Crippen MR) is 87.5 cm³/mol. The lowest BCUT2D eigenvalue weighted by molar-refractivity contribution is -0.119. The molecule has 2 aromatic carbocycles. The van der Waals surface area contributed by atoms with Gasteiger partial charge in [0.1, 0.15) is 6.29 Å². The van der Waals surface area contributed by atoms with Crippen LogP contribution in [0.25, 0.3) is 21.8 Å². The molecular formula is C19H15NO2. The first kappa shape index (κ1) is 13.0. The first-order chi connectivity index (χ1) is 10.8. The molecule has 0 saturated heterocycles. The van der Waals surface area contributed by atoms with Crippen LogP contribution in [0.2, 0.25) is 0 Å². The van der Waals surface area contributed by atoms with Crippen LogP contribution in [0, 0.1) is 5.92 Å². The lowest BCUT2D eigenvalue weighted by Gasteiger charge is -2.33. The number of rotatable bonds is 2. The Hall–Kier alpha value is -2.65. The number of hydrogen-bond acceptors (Lipinski definition) is 2. The van der Waals surface area contributed by atoms with Gasteiger partial charge in [-0.3, -0.25) is 0 Å². The molecule has 1 aliphatic carbocycles. The summed E-state index contributed by atoms with van der Waals surface area (Å²) in [5.41, 5.74) is 0.440. The largest absolute Gasteiger partial charge is 0.366 e. The zero-order chi connectivity index (χ0) is 15.2. The molecule has 0 bridgehead atoms. The van der Waals surface area contributed by atoms with Gasteiger partial charge in [0.15, 0.2) is 5.72 Å². The second-order valence-corrected chi connectivity index (χ2v) is 5.56. The van der Waals surface area contributed by atoms with Crippen LogP contribution in [0.5, 0.6) is 0 Å². The van der Waals surface area contributed by atoms with Gasteiger partial charge in [-0.15, -0.1) is 0 Å². The first-order valence-corrected chi connectivity index (χ1v) is 7.28. The summed E-state index contributed by atoms with van der Waals surface area (Å²) in [4.78, 5) is 11.5. The van der Waals surface area contributed by atoms with Crippen molar-refractivity contribution < 1.29 is 9.90 Å². The average Bonchev–Trinajstić information content (AvgIpc) is 2.90. The van der Waals surface area contributed by atoms with Crippen molar-refractivity contribution in [2.75, 3.05) is 0 Å². The van der Waals surface area contributed by atoms with E-state index in [1.165, 1.54) is 0 Å². The Balaban J connectivity index is 2.15. The smallest absolute Gasteiger partial charge is 0.175 e. The molecule has 1 aromatic heterocycles. The highest BCUT2D eigenvalue weighted by molar-refractivity contribution is 6.08. The van der Waals surface area contributed by atoms with Crippen LogP contribution < -0.4 is 0 Å². The van der Waals surface area contributed by atoms with E-state index in [0.717, 1.165) is 28.1 Å². The Morgan fingerprint density at radius 1 is 0.955 bits per heavy atom. The molecule has 3 heteroatoms. The number of allylic oxidation sites excluding steroid dienone is 2. The van der Waals surface area contributed by atoms with E-state index in [1.54, 1.807) is 24.3 Å². The van der Waals surface area contributed by atoms with Crippen LogP contribution in [0.4, 0.5) is 0 Å². The Labute approximate surface area is 127 Å². The molecule has 2 atom stereocenters. The summed E-state index contributed by atoms with van der Waals surface area (Å²) in [6, 6.07) is 15.9. The number of fused-ring (bicyclic) bond motifs is 3. The van der Waals surface area contributed by atoms with Gasteiger partial charge in [0, 0.05) is 10.8 Å². The monoisotopic (exact) mass is 289 g/mol. The van der Waals surface area contributed by atoms with Crippen molar-refractivity contribution in [1.29, 1.82) is 0 Å². The second-order valence-electron chi connectivity index (χ2n) is 5.56. The van der Waals surface area contributed by atoms with Gasteiger partial charge in [-0.25, -0.2) is 0 Å². The fourth-order valence-electron chi connectivity index (χ4n) is 3.31. The number of benzene rings is 2. The van der Waals surface area contributed by atoms with Crippen LogP contribution >= 0.6 is 0 Å². The molecule has 1 heterocycles. The number of aromatic nitrogens is 1. The third-order valence-electron chi connectivity index (χ3n) is 4.35. The molecule has 0 saturated carbocycles. The van der Waals surface area contributed by atoms with Crippen LogP contribution in [0.3, 0.4) is 0 Å². The fourth-order valence-corrected chi connectivity index (χ4v) is 3.31. The maximum Gasteiger partial charge on any atom is 0.175 e. The third kappa shape index (κ3) is 1.63. The molecule has 22 heavy (non-hydrogen) atoms. The molecule has 3 aromatic rings. The van der Waals surface area contributed by atoms with Gasteiger partial charge in [0.05, 0.1) is 17.0 Å². The van der Waals surface area contributed by atoms with Crippen LogP contribution in [0.15, 0.2) is 72.8 Å². The van der Waals surface area contributed by atoms with Gasteiger partial charge >= 0.3 is 0 Å². The number of para-hydroxylation sites is 2. The van der Waals surface area contributed by atoms with E-state index in [-0.39, 0.29) is 0 Å². The maximum absolute atomic E-state index is 11.5. The van der Waals surface area contributed by atoms with E-state index in [4.69, 9.17) is 0 Å². The summed E-state index contributed by atoms with van der Waals surface area (Å²) in [6.45, 7) is 0. The zero-order valence-electron chi connectivity index (χ0n) is 11.9. The molecule has 4 rings (SSSR count). The Kier molecular flexibility index (Phi) is 2.78. The van der Waals surface area contributed by atoms with E-state index in [0.29, 0.717) is 0 Å². The SMILES string of the molecule is O=CC1C=CC=CC1(O)n1c2ccccc2c2ccccc21. The molecule has 1 aliphatic rings. The molecule has 0 spiro atoms. The fraction of sp³-hybridized carbons (Fsp3) is 0.105. The van der Waals surface area contributed by atoms with Crippen molar-refractivity contribution in [1.82, 2.24) is 4.57 Å².